The van der Waals surface area contributed by atoms with E-state index in [2.05, 4.69) is 34.4 Å². The number of hydrogen-bond acceptors (Lipinski definition) is 5. The van der Waals surface area contributed by atoms with Gasteiger partial charge in [0.25, 0.3) is 0 Å². The summed E-state index contributed by atoms with van der Waals surface area (Å²) < 4.78 is 4.97. The first-order chi connectivity index (χ1) is 7.81. The Labute approximate surface area is 102 Å². The monoisotopic (exact) mass is 243 g/mol. The molecule has 1 aromatic rings. The molecule has 0 aliphatic rings. The molecule has 0 aliphatic carbocycles. The van der Waals surface area contributed by atoms with E-state index in [0.717, 1.165) is 43.6 Å². The predicted molar refractivity (Wildman–Crippen MR) is 69.3 cm³/mol. The Balaban J connectivity index is 2.38. The van der Waals surface area contributed by atoms with Gasteiger partial charge in [0, 0.05) is 38.7 Å². The number of anilines is 1. The lowest BCUT2D eigenvalue weighted by Crippen LogP contribution is -2.22. The van der Waals surface area contributed by atoms with Crippen LogP contribution in [0.5, 0.6) is 0 Å². The highest BCUT2D eigenvalue weighted by Gasteiger charge is 2.06. The third-order valence-electron chi connectivity index (χ3n) is 2.36. The van der Waals surface area contributed by atoms with Crippen LogP contribution in [0.3, 0.4) is 0 Å². The van der Waals surface area contributed by atoms with Crippen molar-refractivity contribution in [2.75, 3.05) is 38.3 Å². The molecule has 92 valence electrons. The molecule has 0 bridgehead atoms. The first-order valence-electron chi connectivity index (χ1n) is 5.70. The molecule has 0 spiro atoms. The summed E-state index contributed by atoms with van der Waals surface area (Å²) in [6, 6.07) is 0. The molecule has 4 nitrogen and oxygen atoms in total. The van der Waals surface area contributed by atoms with Crippen LogP contribution in [0.1, 0.15) is 19.5 Å². The molecule has 1 rings (SSSR count). The molecule has 0 aliphatic heterocycles. The fourth-order valence-corrected chi connectivity index (χ4v) is 2.36. The molecule has 0 unspecified atom stereocenters. The van der Waals surface area contributed by atoms with Crippen LogP contribution in [-0.4, -0.2) is 38.3 Å². The van der Waals surface area contributed by atoms with Crippen LogP contribution in [0, 0.1) is 0 Å². The zero-order valence-electron chi connectivity index (χ0n) is 10.3. The normalized spacial score (nSPS) is 10.7. The van der Waals surface area contributed by atoms with Crippen LogP contribution in [0.2, 0.25) is 0 Å². The maximum atomic E-state index is 4.97. The van der Waals surface area contributed by atoms with Gasteiger partial charge in [-0.05, 0) is 13.8 Å². The van der Waals surface area contributed by atoms with Gasteiger partial charge in [-0.1, -0.05) is 0 Å². The average Bonchev–Trinajstić information content (AvgIpc) is 2.75. The number of nitrogens with zero attached hydrogens (tertiary/aromatic N) is 2. The van der Waals surface area contributed by atoms with Gasteiger partial charge in [0.05, 0.1) is 12.3 Å². The quantitative estimate of drug-likeness (QED) is 0.706. The topological polar surface area (TPSA) is 37.4 Å². The van der Waals surface area contributed by atoms with Crippen LogP contribution in [0.25, 0.3) is 0 Å². The summed E-state index contributed by atoms with van der Waals surface area (Å²) >= 11 is 1.71. The van der Waals surface area contributed by atoms with Gasteiger partial charge in [0.2, 0.25) is 0 Å². The minimum Gasteiger partial charge on any atom is -0.383 e. The maximum Gasteiger partial charge on any atom is 0.185 e. The smallest absolute Gasteiger partial charge is 0.185 e. The van der Waals surface area contributed by atoms with Crippen molar-refractivity contribution in [3.05, 3.63) is 11.1 Å². The van der Waals surface area contributed by atoms with E-state index in [9.17, 15) is 0 Å². The van der Waals surface area contributed by atoms with Crippen LogP contribution in [0.15, 0.2) is 5.38 Å². The highest BCUT2D eigenvalue weighted by molar-refractivity contribution is 7.13. The SMILES string of the molecule is CCN(CC)c1nc(CNCCOC)cs1. The van der Waals surface area contributed by atoms with Gasteiger partial charge in [0.1, 0.15) is 0 Å². The second kappa shape index (κ2) is 7.60. The molecule has 0 radical (unpaired) electrons. The standard InChI is InChI=1S/C11H21N3OS/c1-4-14(5-2)11-13-10(9-16-11)8-12-6-7-15-3/h9,12H,4-8H2,1-3H3. The van der Waals surface area contributed by atoms with E-state index in [-0.39, 0.29) is 0 Å². The highest BCUT2D eigenvalue weighted by Crippen LogP contribution is 2.19. The van der Waals surface area contributed by atoms with Crippen LogP contribution in [0.4, 0.5) is 5.13 Å². The number of aromatic nitrogens is 1. The number of thiazole rings is 1. The number of ether oxygens (including phenoxy) is 1. The van der Waals surface area contributed by atoms with Crippen molar-refractivity contribution in [2.45, 2.75) is 20.4 Å². The summed E-state index contributed by atoms with van der Waals surface area (Å²) in [6.07, 6.45) is 0. The molecule has 0 saturated carbocycles. The summed E-state index contributed by atoms with van der Waals surface area (Å²) in [5.41, 5.74) is 1.11. The molecular weight excluding hydrogens is 222 g/mol. The molecule has 1 aromatic heterocycles. The maximum absolute atomic E-state index is 4.97. The summed E-state index contributed by atoms with van der Waals surface area (Å²) in [5.74, 6) is 0. The van der Waals surface area contributed by atoms with Crippen molar-refractivity contribution in [1.29, 1.82) is 0 Å². The molecule has 0 fully saturated rings. The van der Waals surface area contributed by atoms with Crippen molar-refractivity contribution in [3.8, 4) is 0 Å². The minimum absolute atomic E-state index is 0.743. The van der Waals surface area contributed by atoms with E-state index >= 15 is 0 Å². The molecular formula is C11H21N3OS. The van der Waals surface area contributed by atoms with E-state index < -0.39 is 0 Å². The zero-order valence-corrected chi connectivity index (χ0v) is 11.1. The lowest BCUT2D eigenvalue weighted by molar-refractivity contribution is 0.199. The second-order valence-corrected chi connectivity index (χ2v) is 4.30. The van der Waals surface area contributed by atoms with Crippen LogP contribution < -0.4 is 10.2 Å². The van der Waals surface area contributed by atoms with Crippen molar-refractivity contribution in [1.82, 2.24) is 10.3 Å². The third-order valence-corrected chi connectivity index (χ3v) is 3.31. The Morgan fingerprint density at radius 1 is 1.44 bits per heavy atom. The summed E-state index contributed by atoms with van der Waals surface area (Å²) in [7, 11) is 1.71. The van der Waals surface area contributed by atoms with E-state index in [1.165, 1.54) is 0 Å². The van der Waals surface area contributed by atoms with Crippen molar-refractivity contribution < 1.29 is 4.74 Å². The number of methoxy groups -OCH3 is 1. The third kappa shape index (κ3) is 4.08. The number of nitrogens with one attached hydrogen (secondary N) is 1. The Morgan fingerprint density at radius 3 is 2.81 bits per heavy atom. The second-order valence-electron chi connectivity index (χ2n) is 3.46. The first-order valence-corrected chi connectivity index (χ1v) is 6.58. The Bertz CT molecular complexity index is 287. The summed E-state index contributed by atoms with van der Waals surface area (Å²) in [4.78, 5) is 6.86. The van der Waals surface area contributed by atoms with E-state index in [1.807, 2.05) is 0 Å². The van der Waals surface area contributed by atoms with Gasteiger partial charge in [-0.15, -0.1) is 11.3 Å². The molecule has 0 atom stereocenters. The van der Waals surface area contributed by atoms with Crippen molar-refractivity contribution in [2.24, 2.45) is 0 Å². The first kappa shape index (κ1) is 13.4. The molecule has 0 saturated heterocycles. The lowest BCUT2D eigenvalue weighted by Gasteiger charge is -2.16. The Morgan fingerprint density at radius 2 is 2.19 bits per heavy atom. The molecule has 16 heavy (non-hydrogen) atoms. The lowest BCUT2D eigenvalue weighted by atomic mass is 10.5. The molecule has 0 aromatic carbocycles. The van der Waals surface area contributed by atoms with Crippen LogP contribution >= 0.6 is 11.3 Å². The minimum atomic E-state index is 0.743. The zero-order chi connectivity index (χ0) is 11.8. The van der Waals surface area contributed by atoms with E-state index in [4.69, 9.17) is 4.74 Å². The Kier molecular flexibility index (Phi) is 6.37. The van der Waals surface area contributed by atoms with Crippen molar-refractivity contribution in [3.63, 3.8) is 0 Å². The van der Waals surface area contributed by atoms with Gasteiger partial charge >= 0.3 is 0 Å². The number of hydrogen-bond donors (Lipinski definition) is 1. The number of rotatable bonds is 8. The van der Waals surface area contributed by atoms with Gasteiger partial charge < -0.3 is 15.0 Å². The molecule has 0 amide bonds. The van der Waals surface area contributed by atoms with E-state index in [1.54, 1.807) is 18.4 Å². The average molecular weight is 243 g/mol. The van der Waals surface area contributed by atoms with Gasteiger partial charge in [-0.3, -0.25) is 0 Å². The van der Waals surface area contributed by atoms with Gasteiger partial charge in [-0.25, -0.2) is 4.98 Å². The fourth-order valence-electron chi connectivity index (χ4n) is 1.41. The van der Waals surface area contributed by atoms with Crippen molar-refractivity contribution >= 4 is 16.5 Å². The van der Waals surface area contributed by atoms with Gasteiger partial charge in [0.15, 0.2) is 5.13 Å². The fraction of sp³-hybridized carbons (Fsp3) is 0.727. The summed E-state index contributed by atoms with van der Waals surface area (Å²) in [5, 5.41) is 6.53. The van der Waals surface area contributed by atoms with Gasteiger partial charge in [-0.2, -0.15) is 0 Å². The Hall–Kier alpha value is -0.650. The molecule has 1 heterocycles. The highest BCUT2D eigenvalue weighted by atomic mass is 32.1. The largest absolute Gasteiger partial charge is 0.383 e. The van der Waals surface area contributed by atoms with Crippen LogP contribution in [-0.2, 0) is 11.3 Å². The molecule has 5 heteroatoms. The predicted octanol–water partition coefficient (Wildman–Crippen LogP) is 1.73. The summed E-state index contributed by atoms with van der Waals surface area (Å²) in [6.45, 7) is 8.77. The van der Waals surface area contributed by atoms with E-state index in [0.29, 0.717) is 0 Å². The molecule has 1 N–H and O–H groups in total.